The van der Waals surface area contributed by atoms with E-state index in [0.29, 0.717) is 10.8 Å². The van der Waals surface area contributed by atoms with Crippen molar-refractivity contribution in [3.63, 3.8) is 0 Å². The van der Waals surface area contributed by atoms with Gasteiger partial charge in [-0.15, -0.1) is 11.8 Å². The van der Waals surface area contributed by atoms with E-state index in [-0.39, 0.29) is 5.56 Å². The van der Waals surface area contributed by atoms with E-state index < -0.39 is 0 Å². The maximum Gasteiger partial charge on any atom is 0.274 e. The second kappa shape index (κ2) is 11.8. The molecule has 0 unspecified atom stereocenters. The fourth-order valence-electron chi connectivity index (χ4n) is 3.46. The highest BCUT2D eigenvalue weighted by atomic mass is 32.2. The minimum Gasteiger partial charge on any atom is -0.457 e. The molecular formula is C28H34N2O2S. The van der Waals surface area contributed by atoms with Gasteiger partial charge in [0, 0.05) is 46.1 Å². The van der Waals surface area contributed by atoms with Crippen LogP contribution in [0.1, 0.15) is 47.0 Å². The van der Waals surface area contributed by atoms with Gasteiger partial charge in [0.2, 0.25) is 0 Å². The number of fused-ring (bicyclic) bond motifs is 1. The monoisotopic (exact) mass is 462 g/mol. The molecule has 1 aromatic carbocycles. The van der Waals surface area contributed by atoms with Crippen molar-refractivity contribution in [2.45, 2.75) is 57.1 Å². The molecule has 174 valence electrons. The molecular weight excluding hydrogens is 428 g/mol. The van der Waals surface area contributed by atoms with Gasteiger partial charge in [-0.05, 0) is 62.6 Å². The van der Waals surface area contributed by atoms with Gasteiger partial charge in [0.25, 0.3) is 5.56 Å². The average Bonchev–Trinajstić information content (AvgIpc) is 3.50. The third kappa shape index (κ3) is 6.11. The number of thioether (sulfide) groups is 1. The van der Waals surface area contributed by atoms with Gasteiger partial charge < -0.3 is 14.3 Å². The van der Waals surface area contributed by atoms with Gasteiger partial charge in [0.05, 0.1) is 0 Å². The Balaban J connectivity index is 0.00000149. The number of nitrogens with one attached hydrogen (secondary N) is 1. The Morgan fingerprint density at radius 2 is 2.03 bits per heavy atom. The Bertz CT molecular complexity index is 1230. The highest BCUT2D eigenvalue weighted by Gasteiger charge is 2.23. The van der Waals surface area contributed by atoms with Crippen LogP contribution in [0.5, 0.6) is 5.75 Å². The first-order chi connectivity index (χ1) is 16.1. The minimum atomic E-state index is -0.0334. The molecule has 0 bridgehead atoms. The smallest absolute Gasteiger partial charge is 0.274 e. The number of H-pyrrole nitrogens is 1. The second-order valence-electron chi connectivity index (χ2n) is 7.71. The van der Waals surface area contributed by atoms with Gasteiger partial charge in [0.15, 0.2) is 0 Å². The molecule has 0 atom stereocenters. The number of pyridine rings is 1. The van der Waals surface area contributed by atoms with Crippen LogP contribution in [0.25, 0.3) is 22.0 Å². The number of aryl methyl sites for hydroxylation is 1. The third-order valence-electron chi connectivity index (χ3n) is 5.15. The molecule has 2 heterocycles. The fraction of sp³-hybridized carbons (Fsp3) is 0.321. The van der Waals surface area contributed by atoms with E-state index in [4.69, 9.17) is 4.74 Å². The number of rotatable bonds is 8. The minimum absolute atomic E-state index is 0.0334. The molecule has 0 radical (unpaired) electrons. The summed E-state index contributed by atoms with van der Waals surface area (Å²) in [7, 11) is 1.79. The molecule has 1 saturated carbocycles. The van der Waals surface area contributed by atoms with E-state index in [1.807, 2.05) is 81.4 Å². The predicted octanol–water partition coefficient (Wildman–Crippen LogP) is 7.62. The zero-order chi connectivity index (χ0) is 23.8. The van der Waals surface area contributed by atoms with Gasteiger partial charge in [-0.2, -0.15) is 0 Å². The molecule has 0 spiro atoms. The van der Waals surface area contributed by atoms with Crippen molar-refractivity contribution in [1.82, 2.24) is 9.55 Å². The Hall–Kier alpha value is -2.92. The van der Waals surface area contributed by atoms with Crippen molar-refractivity contribution in [1.29, 1.82) is 0 Å². The first-order valence-electron chi connectivity index (χ1n) is 11.8. The lowest BCUT2D eigenvalue weighted by atomic mass is 10.0. The number of allylic oxidation sites excluding steroid dienone is 5. The van der Waals surface area contributed by atoms with Crippen LogP contribution >= 0.6 is 11.8 Å². The van der Waals surface area contributed by atoms with Crippen molar-refractivity contribution in [2.24, 2.45) is 7.05 Å². The zero-order valence-corrected chi connectivity index (χ0v) is 21.0. The van der Waals surface area contributed by atoms with E-state index in [0.717, 1.165) is 34.4 Å². The van der Waals surface area contributed by atoms with Crippen molar-refractivity contribution in [3.8, 4) is 16.9 Å². The Kier molecular flexibility index (Phi) is 8.84. The topological polar surface area (TPSA) is 47.0 Å². The van der Waals surface area contributed by atoms with Crippen LogP contribution in [-0.2, 0) is 7.05 Å². The fourth-order valence-corrected chi connectivity index (χ4v) is 4.55. The number of aromatic amines is 1. The largest absolute Gasteiger partial charge is 0.457 e. The van der Waals surface area contributed by atoms with E-state index >= 15 is 0 Å². The Morgan fingerprint density at radius 3 is 2.73 bits per heavy atom. The van der Waals surface area contributed by atoms with Crippen LogP contribution in [0.15, 0.2) is 82.5 Å². The van der Waals surface area contributed by atoms with Gasteiger partial charge in [0.1, 0.15) is 17.0 Å². The lowest BCUT2D eigenvalue weighted by molar-refractivity contribution is 0.446. The molecule has 1 N–H and O–H groups in total. The van der Waals surface area contributed by atoms with Crippen LogP contribution in [0, 0.1) is 0 Å². The van der Waals surface area contributed by atoms with E-state index in [1.165, 1.54) is 17.7 Å². The number of aromatic nitrogens is 2. The molecule has 5 heteroatoms. The highest BCUT2D eigenvalue weighted by molar-refractivity contribution is 8.00. The lowest BCUT2D eigenvalue weighted by Crippen LogP contribution is -2.16. The van der Waals surface area contributed by atoms with E-state index in [2.05, 4.69) is 30.1 Å². The molecule has 1 fully saturated rings. The molecule has 1 aliphatic rings. The number of hydrogen-bond acceptors (Lipinski definition) is 3. The number of ether oxygens (including phenoxy) is 1. The summed E-state index contributed by atoms with van der Waals surface area (Å²) in [6.07, 6.45) is 17.3. The van der Waals surface area contributed by atoms with Crippen LogP contribution < -0.4 is 10.3 Å². The summed E-state index contributed by atoms with van der Waals surface area (Å²) in [6.45, 7) is 8.09. The molecule has 2 aromatic heterocycles. The second-order valence-corrected chi connectivity index (χ2v) is 9.08. The number of nitrogens with zero attached hydrogens (tertiary/aromatic N) is 1. The van der Waals surface area contributed by atoms with Crippen molar-refractivity contribution in [3.05, 3.63) is 83.2 Å². The zero-order valence-electron chi connectivity index (χ0n) is 20.2. The first kappa shape index (κ1) is 24.7. The normalized spacial score (nSPS) is 14.2. The van der Waals surface area contributed by atoms with Gasteiger partial charge >= 0.3 is 0 Å². The molecule has 0 saturated heterocycles. The quantitative estimate of drug-likeness (QED) is 0.277. The van der Waals surface area contributed by atoms with Gasteiger partial charge in [-0.3, -0.25) is 4.79 Å². The van der Waals surface area contributed by atoms with Gasteiger partial charge in [-0.1, -0.05) is 39.0 Å². The Labute approximate surface area is 201 Å². The highest BCUT2D eigenvalue weighted by Crippen LogP contribution is 2.43. The molecule has 1 aliphatic carbocycles. The van der Waals surface area contributed by atoms with E-state index in [1.54, 1.807) is 11.6 Å². The summed E-state index contributed by atoms with van der Waals surface area (Å²) in [5.74, 6) is 1.54. The number of hydrogen-bond donors (Lipinski definition) is 1. The number of benzene rings is 1. The van der Waals surface area contributed by atoms with Crippen LogP contribution in [0.4, 0.5) is 0 Å². The Morgan fingerprint density at radius 1 is 1.24 bits per heavy atom. The summed E-state index contributed by atoms with van der Waals surface area (Å²) >= 11 is 1.92. The lowest BCUT2D eigenvalue weighted by Gasteiger charge is -2.15. The summed E-state index contributed by atoms with van der Waals surface area (Å²) in [5.41, 5.74) is 2.55. The van der Waals surface area contributed by atoms with Crippen LogP contribution in [0.2, 0.25) is 0 Å². The third-order valence-corrected chi connectivity index (χ3v) is 6.48. The van der Waals surface area contributed by atoms with Crippen LogP contribution in [0.3, 0.4) is 0 Å². The molecule has 4 nitrogen and oxygen atoms in total. The molecule has 3 aromatic rings. The van der Waals surface area contributed by atoms with Crippen molar-refractivity contribution >= 4 is 22.7 Å². The summed E-state index contributed by atoms with van der Waals surface area (Å²) in [5, 5.41) is 1.62. The summed E-state index contributed by atoms with van der Waals surface area (Å²) in [4.78, 5) is 16.9. The maximum absolute atomic E-state index is 12.6. The molecule has 0 amide bonds. The maximum atomic E-state index is 12.6. The molecule has 33 heavy (non-hydrogen) atoms. The van der Waals surface area contributed by atoms with E-state index in [9.17, 15) is 4.79 Å². The average molecular weight is 463 g/mol. The summed E-state index contributed by atoms with van der Waals surface area (Å²) < 4.78 is 8.00. The van der Waals surface area contributed by atoms with Gasteiger partial charge in [-0.25, -0.2) is 0 Å². The van der Waals surface area contributed by atoms with Crippen molar-refractivity contribution < 1.29 is 4.74 Å². The molecule has 4 rings (SSSR count). The molecule has 0 aliphatic heterocycles. The van der Waals surface area contributed by atoms with Crippen molar-refractivity contribution in [2.75, 3.05) is 0 Å². The SMILES string of the molecule is CC.C\C=C/C(=C\C=C\CC)Oc1ccc(SC2CC2)cc1-c1cn(C)c(=O)c2[nH]ccc12. The first-order valence-corrected chi connectivity index (χ1v) is 12.6. The standard InChI is InChI=1S/C26H28N2O2S.C2H6/c1-4-6-7-9-18(8-5-2)30-24-13-12-20(31-19-10-11-19)16-22(24)23-17-28(3)26(29)25-21(23)14-15-27-25;1-2/h5-9,12-17,19,27H,4,10-11H2,1-3H3;1-2H3/b7-6+,8-5-,18-9+;. The summed E-state index contributed by atoms with van der Waals surface area (Å²) in [6, 6.07) is 8.33. The van der Waals surface area contributed by atoms with Crippen LogP contribution in [-0.4, -0.2) is 14.8 Å². The predicted molar refractivity (Wildman–Crippen MR) is 142 cm³/mol.